The number of alkyl halides is 3. The van der Waals surface area contributed by atoms with E-state index in [0.29, 0.717) is 11.8 Å². The quantitative estimate of drug-likeness (QED) is 0.830. The Morgan fingerprint density at radius 3 is 2.53 bits per heavy atom. The highest BCUT2D eigenvalue weighted by molar-refractivity contribution is 5.81. The summed E-state index contributed by atoms with van der Waals surface area (Å²) in [5.41, 5.74) is 0. The van der Waals surface area contributed by atoms with Gasteiger partial charge in [-0.2, -0.15) is 13.2 Å². The van der Waals surface area contributed by atoms with Crippen LogP contribution in [0.2, 0.25) is 0 Å². The van der Waals surface area contributed by atoms with E-state index in [4.69, 9.17) is 0 Å². The fraction of sp³-hybridized carbons (Fsp3) is 0.923. The molecule has 4 atom stereocenters. The van der Waals surface area contributed by atoms with Crippen molar-refractivity contribution >= 4 is 5.91 Å². The van der Waals surface area contributed by atoms with Crippen LogP contribution < -0.4 is 10.6 Å². The Bertz CT molecular complexity index is 307. The van der Waals surface area contributed by atoms with E-state index >= 15 is 0 Å². The topological polar surface area (TPSA) is 41.1 Å². The van der Waals surface area contributed by atoms with Gasteiger partial charge in [-0.1, -0.05) is 26.7 Å². The third kappa shape index (κ3) is 5.38. The molecule has 1 amide bonds. The van der Waals surface area contributed by atoms with Crippen molar-refractivity contribution in [1.82, 2.24) is 10.6 Å². The minimum Gasteiger partial charge on any atom is -0.346 e. The lowest BCUT2D eigenvalue weighted by Gasteiger charge is -2.36. The molecule has 1 aliphatic carbocycles. The van der Waals surface area contributed by atoms with Gasteiger partial charge in [-0.05, 0) is 25.2 Å². The van der Waals surface area contributed by atoms with Crippen LogP contribution in [0.5, 0.6) is 0 Å². The Balaban J connectivity index is 2.41. The molecule has 0 aliphatic heterocycles. The first-order valence-corrected chi connectivity index (χ1v) is 6.81. The van der Waals surface area contributed by atoms with Crippen molar-refractivity contribution in [3.8, 4) is 0 Å². The number of carbonyl (C=O) groups excluding carboxylic acids is 1. The standard InChI is InChI=1S/C13H23F3N2O/c1-8-5-4-6-11(9(8)2)18-10(3)12(19)17-7-13(14,15)16/h8-11,18H,4-7H2,1-3H3,(H,17,19). The molecule has 0 heterocycles. The second kappa shape index (κ2) is 6.59. The second-order valence-electron chi connectivity index (χ2n) is 5.60. The highest BCUT2D eigenvalue weighted by Gasteiger charge is 2.31. The third-order valence-electron chi connectivity index (χ3n) is 4.03. The summed E-state index contributed by atoms with van der Waals surface area (Å²) in [7, 11) is 0. The molecule has 0 aromatic rings. The van der Waals surface area contributed by atoms with Crippen molar-refractivity contribution in [3.05, 3.63) is 0 Å². The van der Waals surface area contributed by atoms with Gasteiger partial charge in [-0.25, -0.2) is 0 Å². The number of carbonyl (C=O) groups is 1. The fourth-order valence-corrected chi connectivity index (χ4v) is 2.55. The average Bonchev–Trinajstić information content (AvgIpc) is 2.31. The highest BCUT2D eigenvalue weighted by Crippen LogP contribution is 2.29. The Labute approximate surface area is 112 Å². The Morgan fingerprint density at radius 1 is 1.32 bits per heavy atom. The van der Waals surface area contributed by atoms with Gasteiger partial charge < -0.3 is 10.6 Å². The molecule has 6 heteroatoms. The maximum atomic E-state index is 12.0. The van der Waals surface area contributed by atoms with Crippen molar-refractivity contribution in [1.29, 1.82) is 0 Å². The molecule has 19 heavy (non-hydrogen) atoms. The van der Waals surface area contributed by atoms with Crippen molar-refractivity contribution in [2.75, 3.05) is 6.54 Å². The second-order valence-corrected chi connectivity index (χ2v) is 5.60. The van der Waals surface area contributed by atoms with Crippen LogP contribution in [0.25, 0.3) is 0 Å². The highest BCUT2D eigenvalue weighted by atomic mass is 19.4. The van der Waals surface area contributed by atoms with Crippen molar-refractivity contribution in [2.24, 2.45) is 11.8 Å². The fourth-order valence-electron chi connectivity index (χ4n) is 2.55. The maximum Gasteiger partial charge on any atom is 0.405 e. The van der Waals surface area contributed by atoms with Crippen LogP contribution in [0, 0.1) is 11.8 Å². The van der Waals surface area contributed by atoms with Crippen molar-refractivity contribution in [3.63, 3.8) is 0 Å². The molecule has 0 saturated heterocycles. The molecular weight excluding hydrogens is 257 g/mol. The lowest BCUT2D eigenvalue weighted by Crippen LogP contribution is -2.51. The number of nitrogens with one attached hydrogen (secondary N) is 2. The lowest BCUT2D eigenvalue weighted by atomic mass is 9.78. The van der Waals surface area contributed by atoms with Crippen LogP contribution in [0.15, 0.2) is 0 Å². The summed E-state index contributed by atoms with van der Waals surface area (Å²) in [6.45, 7) is 4.64. The summed E-state index contributed by atoms with van der Waals surface area (Å²) < 4.78 is 36.0. The molecule has 1 fully saturated rings. The first kappa shape index (κ1) is 16.3. The number of halogens is 3. The third-order valence-corrected chi connectivity index (χ3v) is 4.03. The van der Waals surface area contributed by atoms with E-state index in [9.17, 15) is 18.0 Å². The predicted molar refractivity (Wildman–Crippen MR) is 67.6 cm³/mol. The van der Waals surface area contributed by atoms with E-state index in [1.807, 2.05) is 5.32 Å². The molecule has 0 bridgehead atoms. The molecule has 0 aromatic heterocycles. The molecule has 0 radical (unpaired) electrons. The lowest BCUT2D eigenvalue weighted by molar-refractivity contribution is -0.139. The molecule has 1 rings (SSSR count). The smallest absolute Gasteiger partial charge is 0.346 e. The van der Waals surface area contributed by atoms with Crippen LogP contribution >= 0.6 is 0 Å². The largest absolute Gasteiger partial charge is 0.405 e. The van der Waals surface area contributed by atoms with E-state index in [0.717, 1.165) is 12.8 Å². The number of hydrogen-bond acceptors (Lipinski definition) is 2. The molecule has 3 nitrogen and oxygen atoms in total. The maximum absolute atomic E-state index is 12.0. The molecular formula is C13H23F3N2O. The number of hydrogen-bond donors (Lipinski definition) is 2. The van der Waals surface area contributed by atoms with Crippen LogP contribution in [0.3, 0.4) is 0 Å². The average molecular weight is 280 g/mol. The van der Waals surface area contributed by atoms with E-state index in [1.54, 1.807) is 6.92 Å². The number of amides is 1. The summed E-state index contributed by atoms with van der Waals surface area (Å²) in [4.78, 5) is 11.6. The van der Waals surface area contributed by atoms with Crippen LogP contribution in [0.4, 0.5) is 13.2 Å². The summed E-state index contributed by atoms with van der Waals surface area (Å²) >= 11 is 0. The van der Waals surface area contributed by atoms with Crippen LogP contribution in [0.1, 0.15) is 40.0 Å². The minimum absolute atomic E-state index is 0.204. The van der Waals surface area contributed by atoms with Gasteiger partial charge in [0.2, 0.25) is 5.91 Å². The summed E-state index contributed by atoms with van der Waals surface area (Å²) in [6, 6.07) is -0.393. The Hall–Kier alpha value is -0.780. The molecule has 4 unspecified atom stereocenters. The summed E-state index contributed by atoms with van der Waals surface area (Å²) in [6.07, 6.45) is -1.11. The minimum atomic E-state index is -4.36. The molecule has 0 spiro atoms. The zero-order chi connectivity index (χ0) is 14.6. The van der Waals surface area contributed by atoms with Gasteiger partial charge in [0.1, 0.15) is 6.54 Å². The molecule has 2 N–H and O–H groups in total. The van der Waals surface area contributed by atoms with Crippen molar-refractivity contribution in [2.45, 2.75) is 58.3 Å². The van der Waals surface area contributed by atoms with Gasteiger partial charge in [0.05, 0.1) is 6.04 Å². The number of rotatable bonds is 4. The first-order valence-electron chi connectivity index (χ1n) is 6.81. The van der Waals surface area contributed by atoms with Gasteiger partial charge in [0, 0.05) is 6.04 Å². The van der Waals surface area contributed by atoms with Gasteiger partial charge in [-0.15, -0.1) is 0 Å². The Morgan fingerprint density at radius 2 is 1.95 bits per heavy atom. The van der Waals surface area contributed by atoms with Gasteiger partial charge in [-0.3, -0.25) is 4.79 Å². The van der Waals surface area contributed by atoms with E-state index in [1.165, 1.54) is 6.42 Å². The van der Waals surface area contributed by atoms with Gasteiger partial charge in [0.15, 0.2) is 0 Å². The van der Waals surface area contributed by atoms with Crippen molar-refractivity contribution < 1.29 is 18.0 Å². The van der Waals surface area contributed by atoms with E-state index in [-0.39, 0.29) is 6.04 Å². The summed E-state index contributed by atoms with van der Waals surface area (Å²) in [5, 5.41) is 5.07. The molecule has 112 valence electrons. The van der Waals surface area contributed by atoms with Gasteiger partial charge >= 0.3 is 6.18 Å². The zero-order valence-corrected chi connectivity index (χ0v) is 11.7. The zero-order valence-electron chi connectivity index (χ0n) is 11.7. The van der Waals surface area contributed by atoms with Crippen LogP contribution in [-0.2, 0) is 4.79 Å². The van der Waals surface area contributed by atoms with Gasteiger partial charge in [0.25, 0.3) is 0 Å². The Kier molecular flexibility index (Phi) is 5.64. The predicted octanol–water partition coefficient (Wildman–Crippen LogP) is 2.47. The first-order chi connectivity index (χ1) is 8.70. The molecule has 0 aromatic carbocycles. The monoisotopic (exact) mass is 280 g/mol. The van der Waals surface area contributed by atoms with E-state index in [2.05, 4.69) is 19.2 Å². The summed E-state index contributed by atoms with van der Waals surface area (Å²) in [5.74, 6) is 0.422. The SMILES string of the molecule is CC(NC1CCCC(C)C1C)C(=O)NCC(F)(F)F. The van der Waals surface area contributed by atoms with Crippen LogP contribution in [-0.4, -0.2) is 30.7 Å². The molecule has 1 aliphatic rings. The molecule has 1 saturated carbocycles. The van der Waals surface area contributed by atoms with E-state index < -0.39 is 24.7 Å². The normalized spacial score (nSPS) is 29.9.